The summed E-state index contributed by atoms with van der Waals surface area (Å²) in [6.45, 7) is 1.76. The fourth-order valence-corrected chi connectivity index (χ4v) is 2.80. The van der Waals surface area contributed by atoms with Crippen molar-refractivity contribution >= 4 is 0 Å². The van der Waals surface area contributed by atoms with Gasteiger partial charge in [0.25, 0.3) is 0 Å². The van der Waals surface area contributed by atoms with Crippen LogP contribution in [-0.4, -0.2) is 38.5 Å². The van der Waals surface area contributed by atoms with Gasteiger partial charge in [-0.1, -0.05) is 0 Å². The number of likely N-dealkylation sites (tertiary alicyclic amines) is 1. The first kappa shape index (κ1) is 12.4. The van der Waals surface area contributed by atoms with Crippen LogP contribution in [0.1, 0.15) is 17.5 Å². The van der Waals surface area contributed by atoms with Crippen LogP contribution in [-0.2, 0) is 20.0 Å². The number of hydrogen-bond donors (Lipinski definition) is 1. The predicted molar refractivity (Wildman–Crippen MR) is 70.4 cm³/mol. The largest absolute Gasteiger partial charge is 0.472 e. The van der Waals surface area contributed by atoms with Gasteiger partial charge in [0.15, 0.2) is 0 Å². The third-order valence-corrected chi connectivity index (χ3v) is 3.79. The van der Waals surface area contributed by atoms with E-state index in [9.17, 15) is 5.11 Å². The summed E-state index contributed by atoms with van der Waals surface area (Å²) < 4.78 is 6.91. The minimum atomic E-state index is -0.257. The summed E-state index contributed by atoms with van der Waals surface area (Å²) in [7, 11) is 1.91. The van der Waals surface area contributed by atoms with E-state index in [1.54, 1.807) is 17.2 Å². The Bertz CT molecular complexity index is 521. The number of aryl methyl sites for hydroxylation is 1. The molecule has 2 aromatic rings. The third kappa shape index (κ3) is 2.72. The number of hydrogen-bond acceptors (Lipinski definition) is 4. The molecule has 5 heteroatoms. The highest BCUT2D eigenvalue weighted by atomic mass is 16.3. The van der Waals surface area contributed by atoms with Crippen molar-refractivity contribution in [3.8, 4) is 0 Å². The van der Waals surface area contributed by atoms with E-state index >= 15 is 0 Å². The van der Waals surface area contributed by atoms with Crippen LogP contribution >= 0.6 is 0 Å². The van der Waals surface area contributed by atoms with Gasteiger partial charge < -0.3 is 9.52 Å². The maximum Gasteiger partial charge on any atom is 0.0947 e. The van der Waals surface area contributed by atoms with Crippen molar-refractivity contribution in [3.63, 3.8) is 0 Å². The molecule has 5 nitrogen and oxygen atoms in total. The van der Waals surface area contributed by atoms with E-state index < -0.39 is 0 Å². The molecule has 1 fully saturated rings. The van der Waals surface area contributed by atoms with Gasteiger partial charge in [0.1, 0.15) is 0 Å². The molecular formula is C14H19N3O2. The number of rotatable bonds is 4. The molecule has 0 unspecified atom stereocenters. The molecule has 1 aliphatic heterocycles. The maximum atomic E-state index is 10.2. The average molecular weight is 261 g/mol. The Labute approximate surface area is 112 Å². The van der Waals surface area contributed by atoms with Crippen LogP contribution in [0.4, 0.5) is 0 Å². The molecule has 0 spiro atoms. The fraction of sp³-hybridized carbons (Fsp3) is 0.500. The molecule has 0 radical (unpaired) electrons. The molecule has 1 saturated heterocycles. The highest BCUT2D eigenvalue weighted by Crippen LogP contribution is 2.23. The van der Waals surface area contributed by atoms with Crippen molar-refractivity contribution in [2.24, 2.45) is 7.05 Å². The molecule has 0 bridgehead atoms. The number of aromatic nitrogens is 2. The summed E-state index contributed by atoms with van der Waals surface area (Å²) in [5, 5.41) is 14.3. The Morgan fingerprint density at radius 1 is 1.47 bits per heavy atom. The van der Waals surface area contributed by atoms with Gasteiger partial charge in [-0.15, -0.1) is 0 Å². The molecule has 1 aliphatic rings. The molecule has 0 aromatic carbocycles. The Morgan fingerprint density at radius 3 is 3.05 bits per heavy atom. The average Bonchev–Trinajstić information content (AvgIpc) is 3.08. The van der Waals surface area contributed by atoms with E-state index in [1.165, 1.54) is 5.56 Å². The molecule has 3 heterocycles. The first-order chi connectivity index (χ1) is 9.22. The van der Waals surface area contributed by atoms with Crippen LogP contribution in [0.25, 0.3) is 0 Å². The zero-order chi connectivity index (χ0) is 13.2. The van der Waals surface area contributed by atoms with E-state index in [0.717, 1.165) is 31.5 Å². The second kappa shape index (κ2) is 5.19. The molecule has 1 N–H and O–H groups in total. The van der Waals surface area contributed by atoms with Crippen molar-refractivity contribution in [2.75, 3.05) is 6.54 Å². The SMILES string of the molecule is Cn1cc(C[C@@H]2[C@@H](O)CCN2Cc2ccoc2)cn1. The molecule has 19 heavy (non-hydrogen) atoms. The molecule has 2 atom stereocenters. The second-order valence-corrected chi connectivity index (χ2v) is 5.25. The summed E-state index contributed by atoms with van der Waals surface area (Å²) in [4.78, 5) is 2.32. The van der Waals surface area contributed by atoms with E-state index in [-0.39, 0.29) is 12.1 Å². The van der Waals surface area contributed by atoms with E-state index in [4.69, 9.17) is 4.42 Å². The van der Waals surface area contributed by atoms with E-state index in [0.29, 0.717) is 0 Å². The minimum absolute atomic E-state index is 0.166. The Kier molecular flexibility index (Phi) is 3.40. The van der Waals surface area contributed by atoms with Crippen LogP contribution in [0, 0.1) is 0 Å². The molecular weight excluding hydrogens is 242 g/mol. The van der Waals surface area contributed by atoms with Crippen LogP contribution in [0.2, 0.25) is 0 Å². The van der Waals surface area contributed by atoms with Crippen molar-refractivity contribution in [1.82, 2.24) is 14.7 Å². The fourth-order valence-electron chi connectivity index (χ4n) is 2.80. The Balaban J connectivity index is 1.69. The molecule has 102 valence electrons. The van der Waals surface area contributed by atoms with E-state index in [1.807, 2.05) is 25.5 Å². The van der Waals surface area contributed by atoms with Crippen molar-refractivity contribution < 1.29 is 9.52 Å². The smallest absolute Gasteiger partial charge is 0.0947 e. The third-order valence-electron chi connectivity index (χ3n) is 3.79. The number of furan rings is 1. The number of aliphatic hydroxyl groups excluding tert-OH is 1. The van der Waals surface area contributed by atoms with E-state index in [2.05, 4.69) is 10.00 Å². The van der Waals surface area contributed by atoms with Gasteiger partial charge in [0.2, 0.25) is 0 Å². The number of aliphatic hydroxyl groups is 1. The molecule has 0 amide bonds. The lowest BCUT2D eigenvalue weighted by Crippen LogP contribution is -2.36. The Morgan fingerprint density at radius 2 is 2.37 bits per heavy atom. The highest BCUT2D eigenvalue weighted by Gasteiger charge is 2.33. The predicted octanol–water partition coefficient (Wildman–Crippen LogP) is 1.19. The van der Waals surface area contributed by atoms with Gasteiger partial charge >= 0.3 is 0 Å². The van der Waals surface area contributed by atoms with Gasteiger partial charge in [-0.2, -0.15) is 5.10 Å². The van der Waals surface area contributed by atoms with Crippen molar-refractivity contribution in [3.05, 3.63) is 42.1 Å². The van der Waals surface area contributed by atoms with Crippen LogP contribution in [0.5, 0.6) is 0 Å². The van der Waals surface area contributed by atoms with Crippen molar-refractivity contribution in [2.45, 2.75) is 31.5 Å². The first-order valence-corrected chi connectivity index (χ1v) is 6.63. The molecule has 0 aliphatic carbocycles. The van der Waals surface area contributed by atoms with Crippen LogP contribution in [0.15, 0.2) is 35.4 Å². The summed E-state index contributed by atoms with van der Waals surface area (Å²) in [5.74, 6) is 0. The summed E-state index contributed by atoms with van der Waals surface area (Å²) in [6, 6.07) is 2.14. The van der Waals surface area contributed by atoms with Gasteiger partial charge in [-0.3, -0.25) is 9.58 Å². The zero-order valence-corrected chi connectivity index (χ0v) is 11.1. The van der Waals surface area contributed by atoms with Gasteiger partial charge in [-0.05, 0) is 24.5 Å². The molecule has 2 aromatic heterocycles. The standard InChI is InChI=1S/C14H19N3O2/c1-16-8-12(7-15-16)6-13-14(18)2-4-17(13)9-11-3-5-19-10-11/h3,5,7-8,10,13-14,18H,2,4,6,9H2,1H3/t13-,14+/m1/s1. The zero-order valence-electron chi connectivity index (χ0n) is 11.1. The first-order valence-electron chi connectivity index (χ1n) is 6.63. The normalized spacial score (nSPS) is 24.1. The summed E-state index contributed by atoms with van der Waals surface area (Å²) in [6.07, 6.45) is 8.77. The van der Waals surface area contributed by atoms with Crippen LogP contribution < -0.4 is 0 Å². The highest BCUT2D eigenvalue weighted by molar-refractivity contribution is 5.11. The molecule has 3 rings (SSSR count). The lowest BCUT2D eigenvalue weighted by molar-refractivity contribution is 0.112. The lowest BCUT2D eigenvalue weighted by Gasteiger charge is -2.25. The number of nitrogens with zero attached hydrogens (tertiary/aromatic N) is 3. The topological polar surface area (TPSA) is 54.4 Å². The van der Waals surface area contributed by atoms with Gasteiger partial charge in [0.05, 0.1) is 24.8 Å². The Hall–Kier alpha value is -1.59. The quantitative estimate of drug-likeness (QED) is 0.898. The monoisotopic (exact) mass is 261 g/mol. The second-order valence-electron chi connectivity index (χ2n) is 5.25. The van der Waals surface area contributed by atoms with Gasteiger partial charge in [0, 0.05) is 37.9 Å². The summed E-state index contributed by atoms with van der Waals surface area (Å²) in [5.41, 5.74) is 2.33. The summed E-state index contributed by atoms with van der Waals surface area (Å²) >= 11 is 0. The minimum Gasteiger partial charge on any atom is -0.472 e. The molecule has 0 saturated carbocycles. The lowest BCUT2D eigenvalue weighted by atomic mass is 10.0. The van der Waals surface area contributed by atoms with Crippen LogP contribution in [0.3, 0.4) is 0 Å². The maximum absolute atomic E-state index is 10.2. The van der Waals surface area contributed by atoms with Crippen molar-refractivity contribution in [1.29, 1.82) is 0 Å². The van der Waals surface area contributed by atoms with Gasteiger partial charge in [-0.25, -0.2) is 0 Å².